The Balaban J connectivity index is 0.000000136. The van der Waals surface area contributed by atoms with E-state index in [-0.39, 0.29) is 11.5 Å². The number of rotatable bonds is 2. The lowest BCUT2D eigenvalue weighted by atomic mass is 9.70. The topological polar surface area (TPSA) is 38.7 Å². The maximum Gasteiger partial charge on any atom is 0.231 e. The van der Waals surface area contributed by atoms with Crippen LogP contribution in [0.4, 0.5) is 0 Å². The van der Waals surface area contributed by atoms with Crippen molar-refractivity contribution in [1.29, 1.82) is 0 Å². The standard InChI is InChI=1S/C10H10O2.C10H18O/c1-2-3-8-4-5-9-10(6-8)12-7-11-9;1-9(2)7-4-5-10(9,3)8(11)6-7/h2,4-6H,1,3,7H2;7-8,11H,4-6H2,1-3H3. The second-order valence-electron chi connectivity index (χ2n) is 7.81. The van der Waals surface area contributed by atoms with Crippen LogP contribution in [0.5, 0.6) is 11.5 Å². The van der Waals surface area contributed by atoms with Crippen LogP contribution in [0, 0.1) is 16.7 Å². The molecule has 0 spiro atoms. The molecule has 0 saturated heterocycles. The van der Waals surface area contributed by atoms with Gasteiger partial charge in [-0.15, -0.1) is 6.58 Å². The fourth-order valence-electron chi connectivity index (χ4n) is 4.40. The van der Waals surface area contributed by atoms with Gasteiger partial charge in [0, 0.05) is 0 Å². The predicted octanol–water partition coefficient (Wildman–Crippen LogP) is 4.34. The summed E-state index contributed by atoms with van der Waals surface area (Å²) >= 11 is 0. The van der Waals surface area contributed by atoms with Gasteiger partial charge in [-0.3, -0.25) is 0 Å². The number of hydrogen-bond donors (Lipinski definition) is 1. The van der Waals surface area contributed by atoms with Crippen LogP contribution >= 0.6 is 0 Å². The molecule has 126 valence electrons. The van der Waals surface area contributed by atoms with Gasteiger partial charge in [0.1, 0.15) is 0 Å². The van der Waals surface area contributed by atoms with Crippen LogP contribution in [0.2, 0.25) is 0 Å². The molecule has 4 rings (SSSR count). The largest absolute Gasteiger partial charge is 0.454 e. The first-order valence-corrected chi connectivity index (χ1v) is 8.56. The van der Waals surface area contributed by atoms with Gasteiger partial charge >= 0.3 is 0 Å². The molecule has 1 N–H and O–H groups in total. The van der Waals surface area contributed by atoms with Crippen LogP contribution in [0.25, 0.3) is 0 Å². The van der Waals surface area contributed by atoms with Crippen molar-refractivity contribution in [2.24, 2.45) is 16.7 Å². The Morgan fingerprint density at radius 1 is 1.26 bits per heavy atom. The summed E-state index contributed by atoms with van der Waals surface area (Å²) in [5.74, 6) is 2.46. The van der Waals surface area contributed by atoms with Gasteiger partial charge in [0.25, 0.3) is 0 Å². The molecule has 1 aliphatic heterocycles. The molecule has 2 saturated carbocycles. The van der Waals surface area contributed by atoms with E-state index in [1.54, 1.807) is 0 Å². The highest BCUT2D eigenvalue weighted by Crippen LogP contribution is 2.65. The number of aliphatic hydroxyl groups is 1. The van der Waals surface area contributed by atoms with Gasteiger partial charge in [-0.25, -0.2) is 0 Å². The van der Waals surface area contributed by atoms with Crippen LogP contribution in [0.1, 0.15) is 45.6 Å². The van der Waals surface area contributed by atoms with Gasteiger partial charge in [0.05, 0.1) is 6.10 Å². The lowest BCUT2D eigenvalue weighted by Crippen LogP contribution is -2.35. The van der Waals surface area contributed by atoms with Gasteiger partial charge in [-0.2, -0.15) is 0 Å². The van der Waals surface area contributed by atoms with Crippen molar-refractivity contribution in [3.05, 3.63) is 36.4 Å². The molecule has 3 unspecified atom stereocenters. The minimum Gasteiger partial charge on any atom is -0.454 e. The zero-order valence-electron chi connectivity index (χ0n) is 14.5. The number of ether oxygens (including phenoxy) is 2. The van der Waals surface area contributed by atoms with E-state index >= 15 is 0 Å². The fourth-order valence-corrected chi connectivity index (χ4v) is 4.40. The molecule has 2 fully saturated rings. The monoisotopic (exact) mass is 316 g/mol. The first kappa shape index (κ1) is 16.4. The van der Waals surface area contributed by atoms with E-state index in [1.807, 2.05) is 24.3 Å². The fraction of sp³-hybridized carbons (Fsp3) is 0.600. The molecule has 23 heavy (non-hydrogen) atoms. The van der Waals surface area contributed by atoms with Gasteiger partial charge in [0.15, 0.2) is 11.5 Å². The molecule has 0 amide bonds. The first-order chi connectivity index (χ1) is 10.9. The van der Waals surface area contributed by atoms with Crippen LogP contribution in [-0.4, -0.2) is 18.0 Å². The highest BCUT2D eigenvalue weighted by Gasteiger charge is 2.60. The molecular weight excluding hydrogens is 288 g/mol. The normalized spacial score (nSPS) is 32.3. The minimum absolute atomic E-state index is 0.0313. The summed E-state index contributed by atoms with van der Waals surface area (Å²) in [5, 5.41) is 9.81. The smallest absolute Gasteiger partial charge is 0.231 e. The van der Waals surface area contributed by atoms with E-state index in [1.165, 1.54) is 18.4 Å². The highest BCUT2D eigenvalue weighted by molar-refractivity contribution is 5.44. The van der Waals surface area contributed by atoms with Crippen molar-refractivity contribution < 1.29 is 14.6 Å². The molecule has 0 radical (unpaired) electrons. The van der Waals surface area contributed by atoms with Gasteiger partial charge < -0.3 is 14.6 Å². The summed E-state index contributed by atoms with van der Waals surface area (Å²) in [4.78, 5) is 0. The maximum atomic E-state index is 9.81. The Labute approximate surface area is 139 Å². The molecular formula is C20H28O3. The van der Waals surface area contributed by atoms with Crippen molar-refractivity contribution in [2.45, 2.75) is 52.6 Å². The molecule has 1 aromatic rings. The third-order valence-corrected chi connectivity index (χ3v) is 6.56. The summed E-state index contributed by atoms with van der Waals surface area (Å²) in [5.41, 5.74) is 1.80. The van der Waals surface area contributed by atoms with E-state index in [9.17, 15) is 5.11 Å². The maximum absolute atomic E-state index is 9.81. The second kappa shape index (κ2) is 5.86. The molecule has 2 bridgehead atoms. The number of hydrogen-bond acceptors (Lipinski definition) is 3. The average molecular weight is 316 g/mol. The Kier molecular flexibility index (Phi) is 4.18. The number of fused-ring (bicyclic) bond motifs is 3. The van der Waals surface area contributed by atoms with Gasteiger partial charge in [0.2, 0.25) is 6.79 Å². The van der Waals surface area contributed by atoms with Gasteiger partial charge in [-0.05, 0) is 60.1 Å². The highest BCUT2D eigenvalue weighted by atomic mass is 16.7. The lowest BCUT2D eigenvalue weighted by Gasteiger charge is -2.36. The van der Waals surface area contributed by atoms with Crippen LogP contribution in [-0.2, 0) is 6.42 Å². The average Bonchev–Trinajstić information content (AvgIpc) is 3.10. The molecule has 3 aliphatic rings. The SMILES string of the molecule is C=CCc1ccc2c(c1)OCO2.CC1(C)C2CCC1(C)C(O)C2. The third-order valence-electron chi connectivity index (χ3n) is 6.56. The summed E-state index contributed by atoms with van der Waals surface area (Å²) in [6.07, 6.45) is 6.32. The van der Waals surface area contributed by atoms with Crippen LogP contribution in [0.15, 0.2) is 30.9 Å². The van der Waals surface area contributed by atoms with Crippen molar-refractivity contribution in [3.8, 4) is 11.5 Å². The predicted molar refractivity (Wildman–Crippen MR) is 91.7 cm³/mol. The summed E-state index contributed by atoms with van der Waals surface area (Å²) in [6.45, 7) is 10.9. The molecule has 3 atom stereocenters. The Morgan fingerprint density at radius 2 is 2.00 bits per heavy atom. The Hall–Kier alpha value is -1.48. The first-order valence-electron chi connectivity index (χ1n) is 8.56. The Morgan fingerprint density at radius 3 is 2.52 bits per heavy atom. The number of benzene rings is 1. The van der Waals surface area contributed by atoms with Crippen molar-refractivity contribution in [3.63, 3.8) is 0 Å². The Bertz CT molecular complexity index is 593. The summed E-state index contributed by atoms with van der Waals surface area (Å²) < 4.78 is 10.4. The zero-order chi connectivity index (χ0) is 16.7. The molecule has 0 aromatic heterocycles. The molecule has 1 heterocycles. The van der Waals surface area contributed by atoms with Gasteiger partial charge in [-0.1, -0.05) is 32.9 Å². The van der Waals surface area contributed by atoms with Crippen molar-refractivity contribution >= 4 is 0 Å². The van der Waals surface area contributed by atoms with E-state index in [2.05, 4.69) is 27.4 Å². The minimum atomic E-state index is -0.0313. The van der Waals surface area contributed by atoms with Crippen LogP contribution in [0.3, 0.4) is 0 Å². The van der Waals surface area contributed by atoms with E-state index in [0.717, 1.165) is 30.3 Å². The molecule has 3 nitrogen and oxygen atoms in total. The molecule has 2 aliphatic carbocycles. The van der Waals surface area contributed by atoms with E-state index < -0.39 is 0 Å². The quantitative estimate of drug-likeness (QED) is 0.825. The lowest BCUT2D eigenvalue weighted by molar-refractivity contribution is 0.0126. The van der Waals surface area contributed by atoms with Crippen molar-refractivity contribution in [1.82, 2.24) is 0 Å². The van der Waals surface area contributed by atoms with E-state index in [4.69, 9.17) is 9.47 Å². The second-order valence-corrected chi connectivity index (χ2v) is 7.81. The summed E-state index contributed by atoms with van der Waals surface area (Å²) in [6, 6.07) is 5.94. The van der Waals surface area contributed by atoms with Crippen LogP contribution < -0.4 is 9.47 Å². The summed E-state index contributed by atoms with van der Waals surface area (Å²) in [7, 11) is 0. The third kappa shape index (κ3) is 2.65. The number of aliphatic hydroxyl groups excluding tert-OH is 1. The number of allylic oxidation sites excluding steroid dienone is 1. The zero-order valence-corrected chi connectivity index (χ0v) is 14.5. The molecule has 1 aromatic carbocycles. The van der Waals surface area contributed by atoms with E-state index in [0.29, 0.717) is 12.2 Å². The van der Waals surface area contributed by atoms with Crippen molar-refractivity contribution in [2.75, 3.05) is 6.79 Å². The molecule has 3 heteroatoms.